The summed E-state index contributed by atoms with van der Waals surface area (Å²) in [6.07, 6.45) is 0. The minimum atomic E-state index is -0.477. The Labute approximate surface area is 124 Å². The summed E-state index contributed by atoms with van der Waals surface area (Å²) in [5.74, 6) is -0.477. The topological polar surface area (TPSA) is 57.8 Å². The zero-order valence-electron chi connectivity index (χ0n) is 11.4. The summed E-state index contributed by atoms with van der Waals surface area (Å²) in [5, 5.41) is 9.55. The molecular weight excluding hydrogens is 325 g/mol. The molecule has 0 saturated heterocycles. The van der Waals surface area contributed by atoms with Crippen LogP contribution in [-0.4, -0.2) is 16.1 Å². The second-order valence-corrected chi connectivity index (χ2v) is 6.27. The van der Waals surface area contributed by atoms with Crippen LogP contribution in [-0.2, 0) is 5.41 Å². The van der Waals surface area contributed by atoms with E-state index in [4.69, 9.17) is 0 Å². The van der Waals surface area contributed by atoms with Crippen LogP contribution in [0.1, 0.15) is 36.8 Å². The van der Waals surface area contributed by atoms with Crippen LogP contribution in [0.15, 0.2) is 28.7 Å². The van der Waals surface area contributed by atoms with Crippen molar-refractivity contribution in [1.29, 1.82) is 0 Å². The number of anilines is 1. The molecule has 2 N–H and O–H groups in total. The van der Waals surface area contributed by atoms with Gasteiger partial charge in [-0.15, -0.1) is 0 Å². The average molecular weight is 340 g/mol. The molecule has 0 aliphatic heterocycles. The standard InChI is InChI=1S/C14H15BrFN3O/c1-14(2,3)10-7-11(19-18-10)17-13(20)8-5-4-6-9(16)12(8)15/h4-7H,1-3H3,(H2,17,18,19,20). The highest BCUT2D eigenvalue weighted by atomic mass is 79.9. The van der Waals surface area contributed by atoms with E-state index in [9.17, 15) is 9.18 Å². The number of nitrogens with zero attached hydrogens (tertiary/aromatic N) is 1. The van der Waals surface area contributed by atoms with Gasteiger partial charge in [0.25, 0.3) is 5.91 Å². The Kier molecular flexibility index (Phi) is 3.94. The van der Waals surface area contributed by atoms with Crippen molar-refractivity contribution < 1.29 is 9.18 Å². The van der Waals surface area contributed by atoms with Gasteiger partial charge in [0.05, 0.1) is 10.0 Å². The fourth-order valence-electron chi connectivity index (χ4n) is 1.63. The van der Waals surface area contributed by atoms with E-state index in [2.05, 4.69) is 31.4 Å². The van der Waals surface area contributed by atoms with E-state index in [1.165, 1.54) is 12.1 Å². The molecule has 2 aromatic rings. The Morgan fingerprint density at radius 1 is 1.40 bits per heavy atom. The van der Waals surface area contributed by atoms with Crippen LogP contribution in [0.4, 0.5) is 10.2 Å². The molecule has 4 nitrogen and oxygen atoms in total. The predicted molar refractivity (Wildman–Crippen MR) is 79.3 cm³/mol. The summed E-state index contributed by atoms with van der Waals surface area (Å²) in [6, 6.07) is 6.08. The fourth-order valence-corrected chi connectivity index (χ4v) is 2.08. The Morgan fingerprint density at radius 3 is 2.70 bits per heavy atom. The smallest absolute Gasteiger partial charge is 0.258 e. The van der Waals surface area contributed by atoms with E-state index in [0.29, 0.717) is 5.82 Å². The lowest BCUT2D eigenvalue weighted by Gasteiger charge is -2.14. The van der Waals surface area contributed by atoms with Crippen LogP contribution in [0.25, 0.3) is 0 Å². The van der Waals surface area contributed by atoms with Crippen LogP contribution >= 0.6 is 15.9 Å². The maximum atomic E-state index is 13.4. The Bertz CT molecular complexity index is 646. The first kappa shape index (κ1) is 14.7. The molecule has 1 heterocycles. The predicted octanol–water partition coefficient (Wildman–Crippen LogP) is 3.86. The molecule has 1 amide bonds. The second-order valence-electron chi connectivity index (χ2n) is 5.47. The molecule has 20 heavy (non-hydrogen) atoms. The van der Waals surface area contributed by atoms with E-state index in [1.54, 1.807) is 12.1 Å². The molecule has 0 aliphatic rings. The first-order chi connectivity index (χ1) is 9.29. The van der Waals surface area contributed by atoms with Gasteiger partial charge >= 0.3 is 0 Å². The summed E-state index contributed by atoms with van der Waals surface area (Å²) in [5.41, 5.74) is 1.05. The van der Waals surface area contributed by atoms with E-state index < -0.39 is 11.7 Å². The zero-order chi connectivity index (χ0) is 14.9. The number of hydrogen-bond donors (Lipinski definition) is 2. The van der Waals surface area contributed by atoms with Gasteiger partial charge in [-0.3, -0.25) is 9.89 Å². The quantitative estimate of drug-likeness (QED) is 0.872. The molecule has 6 heteroatoms. The van der Waals surface area contributed by atoms with Gasteiger partial charge in [-0.25, -0.2) is 4.39 Å². The minimum absolute atomic E-state index is 0.0879. The molecule has 0 saturated carbocycles. The number of nitrogens with one attached hydrogen (secondary N) is 2. The van der Waals surface area contributed by atoms with Gasteiger partial charge in [0.1, 0.15) is 5.82 Å². The summed E-state index contributed by atoms with van der Waals surface area (Å²) in [6.45, 7) is 6.11. The van der Waals surface area contributed by atoms with Crippen LogP contribution in [0.5, 0.6) is 0 Å². The number of benzene rings is 1. The molecule has 0 spiro atoms. The normalized spacial score (nSPS) is 11.4. The molecule has 106 valence electrons. The maximum absolute atomic E-state index is 13.4. The number of aromatic nitrogens is 2. The van der Waals surface area contributed by atoms with Gasteiger partial charge in [-0.2, -0.15) is 5.10 Å². The van der Waals surface area contributed by atoms with Crippen molar-refractivity contribution in [3.63, 3.8) is 0 Å². The third-order valence-electron chi connectivity index (χ3n) is 2.82. The van der Waals surface area contributed by atoms with Crippen LogP contribution in [0.2, 0.25) is 0 Å². The van der Waals surface area contributed by atoms with Crippen LogP contribution < -0.4 is 5.32 Å². The number of halogens is 2. The lowest BCUT2D eigenvalue weighted by atomic mass is 9.92. The van der Waals surface area contributed by atoms with E-state index in [-0.39, 0.29) is 15.5 Å². The molecule has 1 aromatic carbocycles. The Balaban J connectivity index is 2.20. The number of amides is 1. The molecular formula is C14H15BrFN3O. The lowest BCUT2D eigenvalue weighted by molar-refractivity contribution is 0.102. The highest BCUT2D eigenvalue weighted by molar-refractivity contribution is 9.10. The fraction of sp³-hybridized carbons (Fsp3) is 0.286. The van der Waals surface area contributed by atoms with Crippen molar-refractivity contribution >= 4 is 27.7 Å². The number of aromatic amines is 1. The third kappa shape index (κ3) is 3.07. The molecule has 2 rings (SSSR count). The van der Waals surface area contributed by atoms with Crippen molar-refractivity contribution in [1.82, 2.24) is 10.2 Å². The number of rotatable bonds is 2. The summed E-state index contributed by atoms with van der Waals surface area (Å²) < 4.78 is 13.5. The van der Waals surface area contributed by atoms with Gasteiger partial charge < -0.3 is 5.32 Å². The number of carbonyl (C=O) groups is 1. The first-order valence-electron chi connectivity index (χ1n) is 6.10. The van der Waals surface area contributed by atoms with E-state index >= 15 is 0 Å². The van der Waals surface area contributed by atoms with Crippen molar-refractivity contribution in [2.45, 2.75) is 26.2 Å². The van der Waals surface area contributed by atoms with Gasteiger partial charge in [0, 0.05) is 17.2 Å². The number of H-pyrrole nitrogens is 1. The van der Waals surface area contributed by atoms with Crippen molar-refractivity contribution in [3.8, 4) is 0 Å². The van der Waals surface area contributed by atoms with E-state index in [1.807, 2.05) is 20.8 Å². The van der Waals surface area contributed by atoms with Gasteiger partial charge in [0.2, 0.25) is 0 Å². The van der Waals surface area contributed by atoms with Crippen LogP contribution in [0, 0.1) is 5.82 Å². The van der Waals surface area contributed by atoms with Gasteiger partial charge in [-0.05, 0) is 28.1 Å². The maximum Gasteiger partial charge on any atom is 0.258 e. The SMILES string of the molecule is CC(C)(C)c1cc(NC(=O)c2cccc(F)c2Br)n[nH]1. The summed E-state index contributed by atoms with van der Waals surface area (Å²) in [4.78, 5) is 12.1. The Hall–Kier alpha value is -1.69. The highest BCUT2D eigenvalue weighted by Gasteiger charge is 2.18. The number of carbonyl (C=O) groups excluding carboxylic acids is 1. The molecule has 0 atom stereocenters. The summed E-state index contributed by atoms with van der Waals surface area (Å²) >= 11 is 3.07. The molecule has 0 aliphatic carbocycles. The largest absolute Gasteiger partial charge is 0.305 e. The first-order valence-corrected chi connectivity index (χ1v) is 6.89. The minimum Gasteiger partial charge on any atom is -0.305 e. The molecule has 0 fully saturated rings. The van der Waals surface area contributed by atoms with Crippen molar-refractivity contribution in [2.24, 2.45) is 0 Å². The van der Waals surface area contributed by atoms with Crippen molar-refractivity contribution in [2.75, 3.05) is 5.32 Å². The molecule has 1 aromatic heterocycles. The second kappa shape index (κ2) is 5.36. The van der Waals surface area contributed by atoms with Gasteiger partial charge in [0.15, 0.2) is 5.82 Å². The van der Waals surface area contributed by atoms with Crippen LogP contribution in [0.3, 0.4) is 0 Å². The van der Waals surface area contributed by atoms with E-state index in [0.717, 1.165) is 5.69 Å². The molecule has 0 radical (unpaired) electrons. The summed E-state index contributed by atoms with van der Waals surface area (Å²) in [7, 11) is 0. The number of hydrogen-bond acceptors (Lipinski definition) is 2. The van der Waals surface area contributed by atoms with Gasteiger partial charge in [-0.1, -0.05) is 26.8 Å². The molecule has 0 bridgehead atoms. The average Bonchev–Trinajstić information content (AvgIpc) is 2.81. The zero-order valence-corrected chi connectivity index (χ0v) is 13.0. The lowest BCUT2D eigenvalue weighted by Crippen LogP contribution is -2.13. The third-order valence-corrected chi connectivity index (χ3v) is 3.63. The van der Waals surface area contributed by atoms with Crippen molar-refractivity contribution in [3.05, 3.63) is 45.8 Å². The highest BCUT2D eigenvalue weighted by Crippen LogP contribution is 2.24. The molecule has 0 unspecified atom stereocenters. The Morgan fingerprint density at radius 2 is 2.10 bits per heavy atom. The monoisotopic (exact) mass is 339 g/mol.